The highest BCUT2D eigenvalue weighted by Gasteiger charge is 2.25. The van der Waals surface area contributed by atoms with Gasteiger partial charge in [-0.15, -0.1) is 0 Å². The fourth-order valence-electron chi connectivity index (χ4n) is 2.01. The zero-order valence-electron chi connectivity index (χ0n) is 14.7. The molecule has 0 amide bonds. The van der Waals surface area contributed by atoms with Gasteiger partial charge >= 0.3 is 0 Å². The van der Waals surface area contributed by atoms with Gasteiger partial charge in [0.05, 0.1) is 0 Å². The maximum atomic E-state index is 12.5. The molecule has 0 unspecified atom stereocenters. The molecule has 0 saturated carbocycles. The van der Waals surface area contributed by atoms with Gasteiger partial charge in [0, 0.05) is 13.1 Å². The van der Waals surface area contributed by atoms with Crippen LogP contribution in [0.4, 0.5) is 0 Å². The van der Waals surface area contributed by atoms with Crippen LogP contribution in [0.15, 0.2) is 34.1 Å². The zero-order valence-corrected chi connectivity index (χ0v) is 16.4. The summed E-state index contributed by atoms with van der Waals surface area (Å²) >= 11 is 0. The molecule has 0 aromatic heterocycles. The molecular weight excluding hydrogens is 348 g/mol. The fraction of sp³-hybridized carbons (Fsp3) is 0.625. The lowest BCUT2D eigenvalue weighted by Crippen LogP contribution is -2.30. The van der Waals surface area contributed by atoms with Crippen LogP contribution >= 0.6 is 0 Å². The van der Waals surface area contributed by atoms with E-state index in [0.717, 1.165) is 0 Å². The van der Waals surface area contributed by atoms with Crippen LogP contribution in [-0.4, -0.2) is 29.9 Å². The second-order valence-corrected chi connectivity index (χ2v) is 10.1. The van der Waals surface area contributed by atoms with Crippen molar-refractivity contribution in [3.05, 3.63) is 24.3 Å². The molecule has 0 aliphatic heterocycles. The molecule has 0 aliphatic rings. The van der Waals surface area contributed by atoms with Crippen molar-refractivity contribution in [2.75, 3.05) is 13.1 Å². The quantitative estimate of drug-likeness (QED) is 0.655. The van der Waals surface area contributed by atoms with E-state index < -0.39 is 20.0 Å². The minimum absolute atomic E-state index is 0.217. The molecule has 0 heterocycles. The summed E-state index contributed by atoms with van der Waals surface area (Å²) in [5.41, 5.74) is 0. The maximum absolute atomic E-state index is 12.5. The number of hydrogen-bond donors (Lipinski definition) is 2. The van der Waals surface area contributed by atoms with E-state index in [1.165, 1.54) is 24.3 Å². The third kappa shape index (κ3) is 6.51. The summed E-state index contributed by atoms with van der Waals surface area (Å²) in [5.74, 6) is 0.703. The highest BCUT2D eigenvalue weighted by molar-refractivity contribution is 7.92. The van der Waals surface area contributed by atoms with E-state index >= 15 is 0 Å². The van der Waals surface area contributed by atoms with Crippen LogP contribution in [0.3, 0.4) is 0 Å². The molecule has 1 aromatic rings. The number of hydrogen-bond acceptors (Lipinski definition) is 4. The van der Waals surface area contributed by atoms with E-state index in [2.05, 4.69) is 9.44 Å². The van der Waals surface area contributed by atoms with Crippen molar-refractivity contribution >= 4 is 20.0 Å². The first-order valence-electron chi connectivity index (χ1n) is 8.14. The SMILES string of the molecule is CC(C)CCNS(=O)(=O)c1ccccc1S(=O)(=O)NCCC(C)C. The molecule has 0 saturated heterocycles. The highest BCUT2D eigenvalue weighted by atomic mass is 32.2. The molecule has 2 N–H and O–H groups in total. The van der Waals surface area contributed by atoms with Crippen molar-refractivity contribution in [1.29, 1.82) is 0 Å². The van der Waals surface area contributed by atoms with Crippen molar-refractivity contribution in [3.8, 4) is 0 Å². The van der Waals surface area contributed by atoms with E-state index in [-0.39, 0.29) is 22.9 Å². The molecule has 0 fully saturated rings. The van der Waals surface area contributed by atoms with Gasteiger partial charge in [-0.05, 0) is 36.8 Å². The summed E-state index contributed by atoms with van der Waals surface area (Å²) in [6.07, 6.45) is 1.36. The summed E-state index contributed by atoms with van der Waals surface area (Å²) in [4.78, 5) is -0.434. The second kappa shape index (κ2) is 8.94. The summed E-state index contributed by atoms with van der Waals surface area (Å²) in [6, 6.07) is 5.66. The van der Waals surface area contributed by atoms with E-state index in [1.807, 2.05) is 27.7 Å². The van der Waals surface area contributed by atoms with Gasteiger partial charge in [0.25, 0.3) is 0 Å². The van der Waals surface area contributed by atoms with Crippen molar-refractivity contribution in [2.24, 2.45) is 11.8 Å². The van der Waals surface area contributed by atoms with Crippen LogP contribution in [0.25, 0.3) is 0 Å². The Morgan fingerprint density at radius 3 is 1.38 bits per heavy atom. The smallest absolute Gasteiger partial charge is 0.211 e. The molecule has 0 spiro atoms. The van der Waals surface area contributed by atoms with Gasteiger partial charge in [-0.2, -0.15) is 0 Å². The van der Waals surface area contributed by atoms with Crippen LogP contribution in [0, 0.1) is 11.8 Å². The van der Waals surface area contributed by atoms with Gasteiger partial charge in [-0.1, -0.05) is 39.8 Å². The Hall–Kier alpha value is -0.960. The Morgan fingerprint density at radius 2 is 1.08 bits per heavy atom. The molecular formula is C16H28N2O4S2. The van der Waals surface area contributed by atoms with Gasteiger partial charge in [-0.25, -0.2) is 26.3 Å². The minimum Gasteiger partial charge on any atom is -0.211 e. The van der Waals surface area contributed by atoms with Crippen LogP contribution in [0.1, 0.15) is 40.5 Å². The van der Waals surface area contributed by atoms with Crippen molar-refractivity contribution in [1.82, 2.24) is 9.44 Å². The molecule has 0 atom stereocenters. The molecule has 24 heavy (non-hydrogen) atoms. The van der Waals surface area contributed by atoms with Crippen molar-refractivity contribution in [3.63, 3.8) is 0 Å². The zero-order chi connectivity index (χ0) is 18.4. The molecule has 6 nitrogen and oxygen atoms in total. The van der Waals surface area contributed by atoms with E-state index in [0.29, 0.717) is 24.7 Å². The first-order chi connectivity index (χ1) is 11.1. The average molecular weight is 377 g/mol. The van der Waals surface area contributed by atoms with E-state index in [9.17, 15) is 16.8 Å². The van der Waals surface area contributed by atoms with Gasteiger partial charge in [0.15, 0.2) is 0 Å². The number of rotatable bonds is 10. The lowest BCUT2D eigenvalue weighted by molar-refractivity contribution is 0.542. The lowest BCUT2D eigenvalue weighted by Gasteiger charge is -2.14. The maximum Gasteiger partial charge on any atom is 0.241 e. The number of sulfonamides is 2. The summed E-state index contributed by atoms with van der Waals surface area (Å²) in [5, 5.41) is 0. The topological polar surface area (TPSA) is 92.3 Å². The molecule has 8 heteroatoms. The van der Waals surface area contributed by atoms with Crippen molar-refractivity contribution in [2.45, 2.75) is 50.3 Å². The Balaban J connectivity index is 3.02. The molecule has 0 bridgehead atoms. The summed E-state index contributed by atoms with van der Waals surface area (Å²) in [6.45, 7) is 8.51. The Kier molecular flexibility index (Phi) is 7.85. The fourth-order valence-corrected chi connectivity index (χ4v) is 4.94. The van der Waals surface area contributed by atoms with Crippen LogP contribution in [0.2, 0.25) is 0 Å². The minimum atomic E-state index is -3.88. The third-order valence-corrected chi connectivity index (χ3v) is 6.62. The molecule has 1 rings (SSSR count). The summed E-state index contributed by atoms with van der Waals surface area (Å²) < 4.78 is 54.8. The Bertz CT molecular complexity index is 663. The number of benzene rings is 1. The van der Waals surface area contributed by atoms with Gasteiger partial charge in [-0.3, -0.25) is 0 Å². The normalized spacial score (nSPS) is 12.9. The van der Waals surface area contributed by atoms with Crippen LogP contribution in [-0.2, 0) is 20.0 Å². The largest absolute Gasteiger partial charge is 0.241 e. The predicted molar refractivity (Wildman–Crippen MR) is 95.7 cm³/mol. The first-order valence-corrected chi connectivity index (χ1v) is 11.1. The second-order valence-electron chi connectivity index (χ2n) is 6.61. The standard InChI is InChI=1S/C16H28N2O4S2/c1-13(2)9-11-17-23(19,20)15-7-5-6-8-16(15)24(21,22)18-12-10-14(3)4/h5-8,13-14,17-18H,9-12H2,1-4H3. The lowest BCUT2D eigenvalue weighted by atomic mass is 10.1. The van der Waals surface area contributed by atoms with Crippen molar-refractivity contribution < 1.29 is 16.8 Å². The van der Waals surface area contributed by atoms with Crippen LogP contribution < -0.4 is 9.44 Å². The monoisotopic (exact) mass is 376 g/mol. The van der Waals surface area contributed by atoms with Gasteiger partial charge in [0.1, 0.15) is 9.79 Å². The van der Waals surface area contributed by atoms with E-state index in [4.69, 9.17) is 0 Å². The third-order valence-electron chi connectivity index (χ3n) is 3.46. The molecule has 0 aliphatic carbocycles. The van der Waals surface area contributed by atoms with Crippen LogP contribution in [0.5, 0.6) is 0 Å². The number of nitrogens with one attached hydrogen (secondary N) is 2. The summed E-state index contributed by atoms with van der Waals surface area (Å²) in [7, 11) is -7.76. The Labute approximate surface area is 146 Å². The predicted octanol–water partition coefficient (Wildman–Crippen LogP) is 2.34. The average Bonchev–Trinajstić information content (AvgIpc) is 2.46. The molecule has 138 valence electrons. The molecule has 0 radical (unpaired) electrons. The van der Waals surface area contributed by atoms with Gasteiger partial charge in [0.2, 0.25) is 20.0 Å². The van der Waals surface area contributed by atoms with E-state index in [1.54, 1.807) is 0 Å². The molecule has 1 aromatic carbocycles. The highest BCUT2D eigenvalue weighted by Crippen LogP contribution is 2.20. The Morgan fingerprint density at radius 1 is 0.750 bits per heavy atom. The van der Waals surface area contributed by atoms with Gasteiger partial charge < -0.3 is 0 Å². The first kappa shape index (κ1) is 21.1.